The van der Waals surface area contributed by atoms with Crippen LogP contribution in [-0.4, -0.2) is 40.8 Å². The van der Waals surface area contributed by atoms with E-state index in [4.69, 9.17) is 4.74 Å². The van der Waals surface area contributed by atoms with Gasteiger partial charge in [-0.1, -0.05) is 36.4 Å². The average Bonchev–Trinajstić information content (AvgIpc) is 3.68. The number of rotatable bonds is 9. The average molecular weight is 654 g/mol. The topological polar surface area (TPSA) is 46.8 Å². The SMILES string of the molecule is Cc1cc2c(cc1OCCCCCn1c3ccc(-c4ccc(F)cc4)cc3c3cc(-c4ccc(F)cc4)ccc31)N=C[C@@H]1CCCN1C2=O. The minimum atomic E-state index is -0.255. The van der Waals surface area contributed by atoms with Gasteiger partial charge in [-0.2, -0.15) is 0 Å². The fourth-order valence-corrected chi connectivity index (χ4v) is 7.35. The number of aryl methyl sites for hydroxylation is 2. The van der Waals surface area contributed by atoms with Crippen molar-refractivity contribution in [3.05, 3.63) is 120 Å². The molecule has 0 unspecified atom stereocenters. The van der Waals surface area contributed by atoms with E-state index in [-0.39, 0.29) is 23.6 Å². The zero-order chi connectivity index (χ0) is 33.5. The number of benzene rings is 5. The van der Waals surface area contributed by atoms with E-state index in [9.17, 15) is 13.6 Å². The second-order valence-corrected chi connectivity index (χ2v) is 13.2. The van der Waals surface area contributed by atoms with E-state index >= 15 is 0 Å². The lowest BCUT2D eigenvalue weighted by Crippen LogP contribution is -2.35. The molecule has 5 aromatic carbocycles. The van der Waals surface area contributed by atoms with Gasteiger partial charge in [0.25, 0.3) is 5.91 Å². The van der Waals surface area contributed by atoms with E-state index in [1.54, 1.807) is 0 Å². The smallest absolute Gasteiger partial charge is 0.256 e. The summed E-state index contributed by atoms with van der Waals surface area (Å²) in [7, 11) is 0. The first kappa shape index (κ1) is 31.0. The fourth-order valence-electron chi connectivity index (χ4n) is 7.35. The van der Waals surface area contributed by atoms with E-state index in [2.05, 4.69) is 46.0 Å². The molecule has 3 heterocycles. The minimum absolute atomic E-state index is 0.0630. The Hall–Kier alpha value is -5.30. The number of aromatic nitrogens is 1. The molecule has 0 bridgehead atoms. The second kappa shape index (κ2) is 13.0. The van der Waals surface area contributed by atoms with E-state index in [1.807, 2.05) is 54.4 Å². The van der Waals surface area contributed by atoms with Gasteiger partial charge in [0.2, 0.25) is 0 Å². The maximum atomic E-state index is 13.7. The first-order chi connectivity index (χ1) is 23.9. The number of hydrogen-bond donors (Lipinski definition) is 0. The number of ether oxygens (including phenoxy) is 1. The summed E-state index contributed by atoms with van der Waals surface area (Å²) in [5.41, 5.74) is 8.56. The van der Waals surface area contributed by atoms with Gasteiger partial charge in [-0.25, -0.2) is 8.78 Å². The Kier molecular flexibility index (Phi) is 8.20. The highest BCUT2D eigenvalue weighted by Crippen LogP contribution is 2.37. The van der Waals surface area contributed by atoms with Crippen molar-refractivity contribution in [2.45, 2.75) is 51.6 Å². The Labute approximate surface area is 284 Å². The molecule has 2 aliphatic rings. The van der Waals surface area contributed by atoms with Crippen molar-refractivity contribution in [2.24, 2.45) is 4.99 Å². The Balaban J connectivity index is 0.993. The maximum absolute atomic E-state index is 13.7. The minimum Gasteiger partial charge on any atom is -0.493 e. The van der Waals surface area contributed by atoms with Crippen molar-refractivity contribution in [3.8, 4) is 28.0 Å². The summed E-state index contributed by atoms with van der Waals surface area (Å²) in [5, 5.41) is 2.26. The van der Waals surface area contributed by atoms with E-state index in [0.29, 0.717) is 17.9 Å². The van der Waals surface area contributed by atoms with Crippen LogP contribution >= 0.6 is 0 Å². The summed E-state index contributed by atoms with van der Waals surface area (Å²) >= 11 is 0. The monoisotopic (exact) mass is 653 g/mol. The first-order valence-corrected chi connectivity index (χ1v) is 17.1. The summed E-state index contributed by atoms with van der Waals surface area (Å²) in [6.45, 7) is 4.21. The van der Waals surface area contributed by atoms with Crippen molar-refractivity contribution in [1.29, 1.82) is 0 Å². The van der Waals surface area contributed by atoms with Crippen LogP contribution in [0.5, 0.6) is 5.75 Å². The number of nitrogens with zero attached hydrogens (tertiary/aromatic N) is 3. The molecule has 0 aliphatic carbocycles. The molecule has 6 aromatic rings. The number of amides is 1. The third-order valence-corrected chi connectivity index (χ3v) is 9.97. The van der Waals surface area contributed by atoms with Crippen molar-refractivity contribution in [2.75, 3.05) is 13.2 Å². The van der Waals surface area contributed by atoms with Crippen LogP contribution in [0.15, 0.2) is 102 Å². The Morgan fingerprint density at radius 1 is 0.755 bits per heavy atom. The van der Waals surface area contributed by atoms with Gasteiger partial charge < -0.3 is 14.2 Å². The molecule has 0 radical (unpaired) electrons. The zero-order valence-corrected chi connectivity index (χ0v) is 27.5. The standard InChI is InChI=1S/C42H37F2N3O2/c1-27-22-37-38(45-26-34-6-5-20-46(34)42(37)48)25-41(27)49-21-4-2-3-19-47-39-17-11-30(28-7-13-32(43)14-8-28)23-35(39)36-24-31(12-18-40(36)47)29-9-15-33(44)16-10-29/h7-18,22-26,34H,2-6,19-21H2,1H3/t34-/m0/s1. The largest absolute Gasteiger partial charge is 0.493 e. The molecule has 49 heavy (non-hydrogen) atoms. The van der Waals surface area contributed by atoms with Crippen LogP contribution in [0.1, 0.15) is 48.0 Å². The highest BCUT2D eigenvalue weighted by molar-refractivity contribution is 6.10. The summed E-state index contributed by atoms with van der Waals surface area (Å²) < 4.78 is 35.9. The normalized spacial score (nSPS) is 15.5. The van der Waals surface area contributed by atoms with E-state index in [0.717, 1.165) is 101 Å². The lowest BCUT2D eigenvalue weighted by Gasteiger charge is -2.20. The van der Waals surface area contributed by atoms with Crippen molar-refractivity contribution in [3.63, 3.8) is 0 Å². The molecular weight excluding hydrogens is 616 g/mol. The van der Waals surface area contributed by atoms with Gasteiger partial charge in [0.15, 0.2) is 0 Å². The number of hydrogen-bond acceptors (Lipinski definition) is 3. The van der Waals surface area contributed by atoms with Crippen molar-refractivity contribution < 1.29 is 18.3 Å². The van der Waals surface area contributed by atoms with Crippen LogP contribution in [-0.2, 0) is 6.54 Å². The van der Waals surface area contributed by atoms with Gasteiger partial charge in [-0.15, -0.1) is 0 Å². The molecule has 1 atom stereocenters. The van der Waals surface area contributed by atoms with Crippen LogP contribution in [0.2, 0.25) is 0 Å². The van der Waals surface area contributed by atoms with Crippen molar-refractivity contribution in [1.82, 2.24) is 9.47 Å². The van der Waals surface area contributed by atoms with Gasteiger partial charge in [-0.05, 0) is 121 Å². The molecule has 246 valence electrons. The zero-order valence-electron chi connectivity index (χ0n) is 27.5. The van der Waals surface area contributed by atoms with Gasteiger partial charge in [0.1, 0.15) is 17.4 Å². The molecule has 1 amide bonds. The number of unbranched alkanes of at least 4 members (excludes halogenated alkanes) is 2. The predicted molar refractivity (Wildman–Crippen MR) is 193 cm³/mol. The van der Waals surface area contributed by atoms with Gasteiger partial charge in [0.05, 0.1) is 23.9 Å². The molecule has 7 heteroatoms. The molecule has 8 rings (SSSR count). The summed E-state index contributed by atoms with van der Waals surface area (Å²) in [6, 6.07) is 30.0. The molecule has 2 aliphatic heterocycles. The van der Waals surface area contributed by atoms with Gasteiger partial charge in [-0.3, -0.25) is 9.79 Å². The number of fused-ring (bicyclic) bond motifs is 5. The highest BCUT2D eigenvalue weighted by Gasteiger charge is 2.32. The number of carbonyl (C=O) groups is 1. The lowest BCUT2D eigenvalue weighted by atomic mass is 10.0. The summed E-state index contributed by atoms with van der Waals surface area (Å²) in [5.74, 6) is 0.333. The Bertz CT molecular complexity index is 2120. The molecule has 5 nitrogen and oxygen atoms in total. The van der Waals surface area contributed by atoms with E-state index in [1.165, 1.54) is 24.3 Å². The third kappa shape index (κ3) is 5.99. The molecular formula is C42H37F2N3O2. The molecule has 1 aromatic heterocycles. The Morgan fingerprint density at radius 3 is 2.00 bits per heavy atom. The van der Waals surface area contributed by atoms with Gasteiger partial charge >= 0.3 is 0 Å². The summed E-state index contributed by atoms with van der Waals surface area (Å²) in [6.07, 6.45) is 6.76. The van der Waals surface area contributed by atoms with Crippen LogP contribution in [0.25, 0.3) is 44.1 Å². The quantitative estimate of drug-likeness (QED) is 0.146. The lowest BCUT2D eigenvalue weighted by molar-refractivity contribution is 0.0774. The maximum Gasteiger partial charge on any atom is 0.256 e. The number of halogens is 2. The molecule has 0 saturated carbocycles. The number of aliphatic imine (C=N–C) groups is 1. The third-order valence-electron chi connectivity index (χ3n) is 9.97. The molecule has 0 spiro atoms. The number of carbonyl (C=O) groups excluding carboxylic acids is 1. The van der Waals surface area contributed by atoms with Crippen LogP contribution < -0.4 is 4.74 Å². The molecule has 1 saturated heterocycles. The van der Waals surface area contributed by atoms with Crippen LogP contribution in [0, 0.1) is 18.6 Å². The highest BCUT2D eigenvalue weighted by atomic mass is 19.1. The Morgan fingerprint density at radius 2 is 1.37 bits per heavy atom. The fraction of sp³-hybridized carbons (Fsp3) is 0.238. The predicted octanol–water partition coefficient (Wildman–Crippen LogP) is 10.3. The second-order valence-electron chi connectivity index (χ2n) is 13.2. The van der Waals surface area contributed by atoms with Gasteiger partial charge in [0, 0.05) is 47.2 Å². The van der Waals surface area contributed by atoms with E-state index < -0.39 is 0 Å². The first-order valence-electron chi connectivity index (χ1n) is 17.1. The van der Waals surface area contributed by atoms with Crippen molar-refractivity contribution >= 4 is 39.6 Å². The molecule has 1 fully saturated rings. The summed E-state index contributed by atoms with van der Waals surface area (Å²) in [4.78, 5) is 19.7. The van der Waals surface area contributed by atoms with Crippen LogP contribution in [0.4, 0.5) is 14.5 Å². The van der Waals surface area contributed by atoms with Crippen LogP contribution in [0.3, 0.4) is 0 Å². The molecule has 0 N–H and O–H groups in total.